The molecule has 2 aromatic rings. The summed E-state index contributed by atoms with van der Waals surface area (Å²) >= 11 is 0. The van der Waals surface area contributed by atoms with E-state index in [-0.39, 0.29) is 11.8 Å². The number of amides is 1. The van der Waals surface area contributed by atoms with Crippen molar-refractivity contribution in [3.63, 3.8) is 0 Å². The standard InChI is InChI=1S/C17H20N4O/c1-12-6-11-19-16(20-12)13-2-4-15(5-3-13)21-17(22)14-7-9-18-10-8-14/h2-6,11,14,18H,7-10H2,1H3,(H,21,22). The lowest BCUT2D eigenvalue weighted by molar-refractivity contribution is -0.120. The van der Waals surface area contributed by atoms with Crippen molar-refractivity contribution in [3.05, 3.63) is 42.2 Å². The van der Waals surface area contributed by atoms with Crippen LogP contribution in [-0.4, -0.2) is 29.0 Å². The highest BCUT2D eigenvalue weighted by atomic mass is 16.1. The molecule has 3 rings (SSSR count). The van der Waals surface area contributed by atoms with Crippen molar-refractivity contribution in [2.45, 2.75) is 19.8 Å². The smallest absolute Gasteiger partial charge is 0.227 e. The molecule has 2 heterocycles. The lowest BCUT2D eigenvalue weighted by atomic mass is 9.97. The highest BCUT2D eigenvalue weighted by Crippen LogP contribution is 2.20. The van der Waals surface area contributed by atoms with Gasteiger partial charge in [0.2, 0.25) is 5.91 Å². The van der Waals surface area contributed by atoms with E-state index in [0.29, 0.717) is 5.82 Å². The van der Waals surface area contributed by atoms with Crippen LogP contribution in [-0.2, 0) is 4.79 Å². The molecule has 1 aliphatic rings. The van der Waals surface area contributed by atoms with Crippen molar-refractivity contribution in [3.8, 4) is 11.4 Å². The molecule has 1 aromatic carbocycles. The van der Waals surface area contributed by atoms with Crippen LogP contribution < -0.4 is 10.6 Å². The number of aromatic nitrogens is 2. The predicted octanol–water partition coefficient (Wildman–Crippen LogP) is 2.39. The molecule has 0 bridgehead atoms. The summed E-state index contributed by atoms with van der Waals surface area (Å²) in [6, 6.07) is 9.55. The van der Waals surface area contributed by atoms with Gasteiger partial charge in [0.05, 0.1) is 0 Å². The minimum atomic E-state index is 0.112. The van der Waals surface area contributed by atoms with Gasteiger partial charge in [0.1, 0.15) is 0 Å². The predicted molar refractivity (Wildman–Crippen MR) is 86.4 cm³/mol. The fourth-order valence-electron chi connectivity index (χ4n) is 2.62. The Labute approximate surface area is 130 Å². The molecule has 1 aromatic heterocycles. The number of piperidine rings is 1. The van der Waals surface area contributed by atoms with E-state index >= 15 is 0 Å². The molecule has 0 saturated carbocycles. The van der Waals surface area contributed by atoms with E-state index in [0.717, 1.165) is 42.9 Å². The largest absolute Gasteiger partial charge is 0.326 e. The van der Waals surface area contributed by atoms with Gasteiger partial charge in [-0.1, -0.05) is 0 Å². The summed E-state index contributed by atoms with van der Waals surface area (Å²) in [5, 5.41) is 6.26. The first-order chi connectivity index (χ1) is 10.7. The fraction of sp³-hybridized carbons (Fsp3) is 0.353. The quantitative estimate of drug-likeness (QED) is 0.912. The van der Waals surface area contributed by atoms with Crippen molar-refractivity contribution in [1.82, 2.24) is 15.3 Å². The Kier molecular flexibility index (Phi) is 4.44. The van der Waals surface area contributed by atoms with Crippen LogP contribution in [0.3, 0.4) is 0 Å². The van der Waals surface area contributed by atoms with Crippen LogP contribution in [0.4, 0.5) is 5.69 Å². The number of rotatable bonds is 3. The third kappa shape index (κ3) is 3.49. The number of anilines is 1. The summed E-state index contributed by atoms with van der Waals surface area (Å²) in [7, 11) is 0. The van der Waals surface area contributed by atoms with Gasteiger partial charge in [0.25, 0.3) is 0 Å². The zero-order valence-electron chi connectivity index (χ0n) is 12.7. The summed E-state index contributed by atoms with van der Waals surface area (Å²) in [5.41, 5.74) is 2.71. The number of carbonyl (C=O) groups excluding carboxylic acids is 1. The Morgan fingerprint density at radius 3 is 2.59 bits per heavy atom. The summed E-state index contributed by atoms with van der Waals surface area (Å²) in [5.74, 6) is 0.929. The van der Waals surface area contributed by atoms with Gasteiger partial charge in [-0.3, -0.25) is 4.79 Å². The third-order valence-corrected chi connectivity index (χ3v) is 3.92. The Balaban J connectivity index is 1.67. The van der Waals surface area contributed by atoms with Crippen LogP contribution in [0.1, 0.15) is 18.5 Å². The number of nitrogens with one attached hydrogen (secondary N) is 2. The monoisotopic (exact) mass is 296 g/mol. The van der Waals surface area contributed by atoms with Crippen molar-refractivity contribution in [1.29, 1.82) is 0 Å². The molecule has 1 saturated heterocycles. The molecule has 0 unspecified atom stereocenters. The molecule has 5 nitrogen and oxygen atoms in total. The van der Waals surface area contributed by atoms with Gasteiger partial charge in [0.15, 0.2) is 5.82 Å². The molecular formula is C17H20N4O. The zero-order valence-corrected chi connectivity index (χ0v) is 12.7. The van der Waals surface area contributed by atoms with Crippen LogP contribution >= 0.6 is 0 Å². The van der Waals surface area contributed by atoms with Crippen molar-refractivity contribution in [2.75, 3.05) is 18.4 Å². The van der Waals surface area contributed by atoms with E-state index in [1.807, 2.05) is 37.3 Å². The topological polar surface area (TPSA) is 66.9 Å². The fourth-order valence-corrected chi connectivity index (χ4v) is 2.62. The van der Waals surface area contributed by atoms with Gasteiger partial charge < -0.3 is 10.6 Å². The van der Waals surface area contributed by atoms with Crippen LogP contribution in [0.2, 0.25) is 0 Å². The van der Waals surface area contributed by atoms with E-state index in [1.165, 1.54) is 0 Å². The van der Waals surface area contributed by atoms with Crippen LogP contribution in [0, 0.1) is 12.8 Å². The molecule has 1 amide bonds. The minimum Gasteiger partial charge on any atom is -0.326 e. The molecule has 114 valence electrons. The summed E-state index contributed by atoms with van der Waals surface area (Å²) in [4.78, 5) is 20.9. The highest BCUT2D eigenvalue weighted by molar-refractivity contribution is 5.92. The number of hydrogen-bond donors (Lipinski definition) is 2. The van der Waals surface area contributed by atoms with Gasteiger partial charge in [-0.05, 0) is 63.2 Å². The van der Waals surface area contributed by atoms with Crippen molar-refractivity contribution in [2.24, 2.45) is 5.92 Å². The molecular weight excluding hydrogens is 276 g/mol. The molecule has 1 fully saturated rings. The Morgan fingerprint density at radius 1 is 1.18 bits per heavy atom. The number of nitrogens with zero attached hydrogens (tertiary/aromatic N) is 2. The highest BCUT2D eigenvalue weighted by Gasteiger charge is 2.20. The summed E-state index contributed by atoms with van der Waals surface area (Å²) in [6.07, 6.45) is 3.56. The Bertz CT molecular complexity index is 648. The van der Waals surface area contributed by atoms with Crippen LogP contribution in [0.15, 0.2) is 36.5 Å². The van der Waals surface area contributed by atoms with E-state index in [4.69, 9.17) is 0 Å². The molecule has 2 N–H and O–H groups in total. The van der Waals surface area contributed by atoms with Crippen molar-refractivity contribution < 1.29 is 4.79 Å². The molecule has 0 radical (unpaired) electrons. The lowest BCUT2D eigenvalue weighted by Crippen LogP contribution is -2.34. The van der Waals surface area contributed by atoms with Crippen LogP contribution in [0.25, 0.3) is 11.4 Å². The van der Waals surface area contributed by atoms with E-state index in [1.54, 1.807) is 6.20 Å². The number of aryl methyl sites for hydroxylation is 1. The maximum absolute atomic E-state index is 12.2. The second-order valence-electron chi connectivity index (χ2n) is 5.61. The van der Waals surface area contributed by atoms with Gasteiger partial charge in [-0.25, -0.2) is 9.97 Å². The lowest BCUT2D eigenvalue weighted by Gasteiger charge is -2.21. The minimum absolute atomic E-state index is 0.112. The second kappa shape index (κ2) is 6.66. The Hall–Kier alpha value is -2.27. The molecule has 0 aliphatic carbocycles. The van der Waals surface area contributed by atoms with Gasteiger partial charge >= 0.3 is 0 Å². The van der Waals surface area contributed by atoms with Gasteiger partial charge in [0, 0.05) is 29.1 Å². The molecule has 0 spiro atoms. The first-order valence-electron chi connectivity index (χ1n) is 7.64. The molecule has 0 atom stereocenters. The summed E-state index contributed by atoms with van der Waals surface area (Å²) in [6.45, 7) is 3.78. The molecule has 5 heteroatoms. The average Bonchev–Trinajstić information content (AvgIpc) is 2.56. The second-order valence-corrected chi connectivity index (χ2v) is 5.61. The number of benzene rings is 1. The molecule has 22 heavy (non-hydrogen) atoms. The Morgan fingerprint density at radius 2 is 1.91 bits per heavy atom. The van der Waals surface area contributed by atoms with Gasteiger partial charge in [-0.2, -0.15) is 0 Å². The average molecular weight is 296 g/mol. The summed E-state index contributed by atoms with van der Waals surface area (Å²) < 4.78 is 0. The normalized spacial score (nSPS) is 15.5. The number of hydrogen-bond acceptors (Lipinski definition) is 4. The number of carbonyl (C=O) groups is 1. The molecule has 1 aliphatic heterocycles. The third-order valence-electron chi connectivity index (χ3n) is 3.92. The van der Waals surface area contributed by atoms with E-state index < -0.39 is 0 Å². The maximum Gasteiger partial charge on any atom is 0.227 e. The first kappa shape index (κ1) is 14.7. The van der Waals surface area contributed by atoms with Crippen molar-refractivity contribution >= 4 is 11.6 Å². The van der Waals surface area contributed by atoms with Crippen LogP contribution in [0.5, 0.6) is 0 Å². The SMILES string of the molecule is Cc1ccnc(-c2ccc(NC(=O)C3CCNCC3)cc2)n1. The van der Waals surface area contributed by atoms with E-state index in [2.05, 4.69) is 20.6 Å². The first-order valence-corrected chi connectivity index (χ1v) is 7.64. The zero-order chi connectivity index (χ0) is 15.4. The maximum atomic E-state index is 12.2. The van der Waals surface area contributed by atoms with E-state index in [9.17, 15) is 4.79 Å². The van der Waals surface area contributed by atoms with Gasteiger partial charge in [-0.15, -0.1) is 0 Å².